The van der Waals surface area contributed by atoms with Crippen LogP contribution in [0.1, 0.15) is 12.8 Å². The second-order valence-electron chi connectivity index (χ2n) is 3.28. The molecule has 0 aliphatic carbocycles. The fourth-order valence-electron chi connectivity index (χ4n) is 1.49. The van der Waals surface area contributed by atoms with Crippen molar-refractivity contribution in [3.8, 4) is 0 Å². The van der Waals surface area contributed by atoms with Crippen LogP contribution in [0, 0.1) is 0 Å². The van der Waals surface area contributed by atoms with E-state index in [1.54, 1.807) is 0 Å². The number of hydrogen-bond donors (Lipinski definition) is 1. The van der Waals surface area contributed by atoms with E-state index in [0.29, 0.717) is 0 Å². The standard InChI is InChI=1S/C9H18N2/c1-3-4-6-10-9-5-7-11(2)8-9/h3,9-10H,1,4-8H2,2H3/t9-/m1/s1. The normalized spacial score (nSPS) is 25.7. The van der Waals surface area contributed by atoms with Crippen LogP contribution >= 0.6 is 0 Å². The van der Waals surface area contributed by atoms with Crippen molar-refractivity contribution < 1.29 is 0 Å². The molecule has 0 aromatic carbocycles. The molecule has 0 bridgehead atoms. The molecule has 0 amide bonds. The third kappa shape index (κ3) is 3.04. The summed E-state index contributed by atoms with van der Waals surface area (Å²) in [6, 6.07) is 0.722. The van der Waals surface area contributed by atoms with Gasteiger partial charge in [-0.2, -0.15) is 0 Å². The van der Waals surface area contributed by atoms with Gasteiger partial charge in [-0.3, -0.25) is 0 Å². The number of nitrogens with one attached hydrogen (secondary N) is 1. The molecular formula is C9H18N2. The second-order valence-corrected chi connectivity index (χ2v) is 3.28. The molecule has 1 N–H and O–H groups in total. The average Bonchev–Trinajstić information content (AvgIpc) is 2.37. The number of rotatable bonds is 4. The van der Waals surface area contributed by atoms with Crippen LogP contribution in [0.15, 0.2) is 12.7 Å². The van der Waals surface area contributed by atoms with Crippen molar-refractivity contribution in [2.45, 2.75) is 18.9 Å². The van der Waals surface area contributed by atoms with Crippen molar-refractivity contribution in [1.29, 1.82) is 0 Å². The Morgan fingerprint density at radius 2 is 2.55 bits per heavy atom. The Balaban J connectivity index is 2.03. The van der Waals surface area contributed by atoms with Crippen LogP contribution in [0.5, 0.6) is 0 Å². The molecule has 0 spiro atoms. The summed E-state index contributed by atoms with van der Waals surface area (Å²) in [5.41, 5.74) is 0. The average molecular weight is 154 g/mol. The molecule has 1 heterocycles. The summed E-state index contributed by atoms with van der Waals surface area (Å²) in [6.07, 6.45) is 4.35. The minimum atomic E-state index is 0.722. The zero-order valence-electron chi connectivity index (χ0n) is 7.34. The lowest BCUT2D eigenvalue weighted by Gasteiger charge is -2.11. The fraction of sp³-hybridized carbons (Fsp3) is 0.778. The third-order valence-corrected chi connectivity index (χ3v) is 2.17. The summed E-state index contributed by atoms with van der Waals surface area (Å²) < 4.78 is 0. The maximum Gasteiger partial charge on any atom is 0.0207 e. The van der Waals surface area contributed by atoms with Gasteiger partial charge in [-0.05, 0) is 33.0 Å². The molecule has 0 unspecified atom stereocenters. The summed E-state index contributed by atoms with van der Waals surface area (Å²) in [7, 11) is 2.18. The third-order valence-electron chi connectivity index (χ3n) is 2.17. The predicted octanol–water partition coefficient (Wildman–Crippen LogP) is 0.856. The van der Waals surface area contributed by atoms with Crippen LogP contribution in [-0.4, -0.2) is 37.6 Å². The highest BCUT2D eigenvalue weighted by molar-refractivity contribution is 4.79. The quantitative estimate of drug-likeness (QED) is 0.477. The predicted molar refractivity (Wildman–Crippen MR) is 48.7 cm³/mol. The molecular weight excluding hydrogens is 136 g/mol. The first-order chi connectivity index (χ1) is 5.33. The Bertz CT molecular complexity index is 123. The molecule has 64 valence electrons. The van der Waals surface area contributed by atoms with Gasteiger partial charge in [0.2, 0.25) is 0 Å². The highest BCUT2D eigenvalue weighted by Crippen LogP contribution is 2.05. The van der Waals surface area contributed by atoms with Gasteiger partial charge in [0.25, 0.3) is 0 Å². The van der Waals surface area contributed by atoms with Crippen molar-refractivity contribution in [1.82, 2.24) is 10.2 Å². The van der Waals surface area contributed by atoms with Gasteiger partial charge in [0.05, 0.1) is 0 Å². The van der Waals surface area contributed by atoms with Crippen LogP contribution in [-0.2, 0) is 0 Å². The molecule has 0 radical (unpaired) electrons. The molecule has 0 aromatic heterocycles. The summed E-state index contributed by atoms with van der Waals surface area (Å²) in [6.45, 7) is 7.22. The Kier molecular flexibility index (Phi) is 3.60. The van der Waals surface area contributed by atoms with Gasteiger partial charge in [0.1, 0.15) is 0 Å². The molecule has 1 atom stereocenters. The minimum absolute atomic E-state index is 0.722. The van der Waals surface area contributed by atoms with Gasteiger partial charge in [0.15, 0.2) is 0 Å². The van der Waals surface area contributed by atoms with Crippen LogP contribution in [0.2, 0.25) is 0 Å². The van der Waals surface area contributed by atoms with Gasteiger partial charge in [-0.1, -0.05) is 6.08 Å². The van der Waals surface area contributed by atoms with Crippen molar-refractivity contribution in [3.63, 3.8) is 0 Å². The van der Waals surface area contributed by atoms with E-state index in [4.69, 9.17) is 0 Å². The number of likely N-dealkylation sites (tertiary alicyclic amines) is 1. The topological polar surface area (TPSA) is 15.3 Å². The van der Waals surface area contributed by atoms with E-state index in [0.717, 1.165) is 19.0 Å². The van der Waals surface area contributed by atoms with E-state index in [1.165, 1.54) is 19.5 Å². The Hall–Kier alpha value is -0.340. The summed E-state index contributed by atoms with van der Waals surface area (Å²) >= 11 is 0. The lowest BCUT2D eigenvalue weighted by Crippen LogP contribution is -2.31. The Morgan fingerprint density at radius 3 is 3.09 bits per heavy atom. The van der Waals surface area contributed by atoms with Crippen LogP contribution in [0.3, 0.4) is 0 Å². The zero-order valence-corrected chi connectivity index (χ0v) is 7.34. The second kappa shape index (κ2) is 4.52. The summed E-state index contributed by atoms with van der Waals surface area (Å²) in [5, 5.41) is 3.50. The number of hydrogen-bond acceptors (Lipinski definition) is 2. The molecule has 1 rings (SSSR count). The van der Waals surface area contributed by atoms with Crippen LogP contribution in [0.25, 0.3) is 0 Å². The molecule has 11 heavy (non-hydrogen) atoms. The molecule has 0 saturated carbocycles. The summed E-state index contributed by atoms with van der Waals surface area (Å²) in [5.74, 6) is 0. The molecule has 1 saturated heterocycles. The van der Waals surface area contributed by atoms with E-state index in [9.17, 15) is 0 Å². The smallest absolute Gasteiger partial charge is 0.0207 e. The number of nitrogens with zero attached hydrogens (tertiary/aromatic N) is 1. The van der Waals surface area contributed by atoms with Crippen LogP contribution < -0.4 is 5.32 Å². The van der Waals surface area contributed by atoms with E-state index in [-0.39, 0.29) is 0 Å². The highest BCUT2D eigenvalue weighted by atomic mass is 15.2. The minimum Gasteiger partial charge on any atom is -0.312 e. The lowest BCUT2D eigenvalue weighted by atomic mass is 10.2. The molecule has 1 aliphatic heterocycles. The summed E-state index contributed by atoms with van der Waals surface area (Å²) in [4.78, 5) is 2.37. The molecule has 2 nitrogen and oxygen atoms in total. The molecule has 2 heteroatoms. The first-order valence-electron chi connectivity index (χ1n) is 4.35. The maximum atomic E-state index is 3.69. The van der Waals surface area contributed by atoms with Gasteiger partial charge in [-0.25, -0.2) is 0 Å². The van der Waals surface area contributed by atoms with Gasteiger partial charge in [-0.15, -0.1) is 6.58 Å². The number of likely N-dealkylation sites (N-methyl/N-ethyl adjacent to an activating group) is 1. The highest BCUT2D eigenvalue weighted by Gasteiger charge is 2.17. The molecule has 1 fully saturated rings. The van der Waals surface area contributed by atoms with Crippen molar-refractivity contribution >= 4 is 0 Å². The SMILES string of the molecule is C=CCCN[C@@H]1CCN(C)C1. The van der Waals surface area contributed by atoms with E-state index >= 15 is 0 Å². The van der Waals surface area contributed by atoms with Gasteiger partial charge in [0, 0.05) is 12.6 Å². The Morgan fingerprint density at radius 1 is 1.73 bits per heavy atom. The van der Waals surface area contributed by atoms with Crippen molar-refractivity contribution in [2.24, 2.45) is 0 Å². The first-order valence-corrected chi connectivity index (χ1v) is 4.35. The van der Waals surface area contributed by atoms with Crippen molar-refractivity contribution in [2.75, 3.05) is 26.7 Å². The maximum absolute atomic E-state index is 3.69. The van der Waals surface area contributed by atoms with E-state index in [1.807, 2.05) is 6.08 Å². The first kappa shape index (κ1) is 8.75. The van der Waals surface area contributed by atoms with Crippen LogP contribution in [0.4, 0.5) is 0 Å². The monoisotopic (exact) mass is 154 g/mol. The molecule has 1 aliphatic rings. The molecule has 0 aromatic rings. The fourth-order valence-corrected chi connectivity index (χ4v) is 1.49. The Labute approximate surface area is 69.3 Å². The van der Waals surface area contributed by atoms with Crippen molar-refractivity contribution in [3.05, 3.63) is 12.7 Å². The van der Waals surface area contributed by atoms with Gasteiger partial charge >= 0.3 is 0 Å². The van der Waals surface area contributed by atoms with Gasteiger partial charge < -0.3 is 10.2 Å². The van der Waals surface area contributed by atoms with E-state index in [2.05, 4.69) is 23.8 Å². The van der Waals surface area contributed by atoms with E-state index < -0.39 is 0 Å². The zero-order chi connectivity index (χ0) is 8.10. The lowest BCUT2D eigenvalue weighted by molar-refractivity contribution is 0.399. The largest absolute Gasteiger partial charge is 0.312 e.